The lowest BCUT2D eigenvalue weighted by Crippen LogP contribution is -2.41. The summed E-state index contributed by atoms with van der Waals surface area (Å²) in [6.45, 7) is 5.43. The standard InChI is InChI=1S/C17H27N3O/c18-15-6-4-5-14(11-15)17(21)13-19-10-7-16(12-19)20-8-2-1-3-9-20/h4-6,11,16-17,21H,1-3,7-10,12-13,18H2. The zero-order valence-electron chi connectivity index (χ0n) is 12.7. The fraction of sp³-hybridized carbons (Fsp3) is 0.647. The van der Waals surface area contributed by atoms with E-state index < -0.39 is 6.10 Å². The zero-order valence-corrected chi connectivity index (χ0v) is 12.7. The number of hydrogen-bond donors (Lipinski definition) is 2. The summed E-state index contributed by atoms with van der Waals surface area (Å²) in [4.78, 5) is 5.05. The van der Waals surface area contributed by atoms with Crippen LogP contribution in [-0.2, 0) is 0 Å². The minimum Gasteiger partial charge on any atom is -0.399 e. The summed E-state index contributed by atoms with van der Waals surface area (Å²) in [5.74, 6) is 0. The molecule has 4 nitrogen and oxygen atoms in total. The molecule has 2 heterocycles. The number of aliphatic hydroxyl groups is 1. The van der Waals surface area contributed by atoms with Gasteiger partial charge in [0.05, 0.1) is 6.10 Å². The second-order valence-corrected chi connectivity index (χ2v) is 6.48. The second kappa shape index (κ2) is 6.77. The fourth-order valence-corrected chi connectivity index (χ4v) is 3.68. The molecular formula is C17H27N3O. The Kier molecular flexibility index (Phi) is 4.78. The van der Waals surface area contributed by atoms with Crippen molar-refractivity contribution in [2.45, 2.75) is 37.8 Å². The third-order valence-corrected chi connectivity index (χ3v) is 4.88. The number of nitrogens with zero attached hydrogens (tertiary/aromatic N) is 2. The predicted molar refractivity (Wildman–Crippen MR) is 86.1 cm³/mol. The first-order valence-electron chi connectivity index (χ1n) is 8.22. The highest BCUT2D eigenvalue weighted by Crippen LogP contribution is 2.23. The Balaban J connectivity index is 1.52. The topological polar surface area (TPSA) is 52.7 Å². The smallest absolute Gasteiger partial charge is 0.0917 e. The SMILES string of the molecule is Nc1cccc(C(O)CN2CCC(N3CCCCC3)C2)c1. The van der Waals surface area contributed by atoms with Gasteiger partial charge in [-0.15, -0.1) is 0 Å². The number of hydrogen-bond acceptors (Lipinski definition) is 4. The van der Waals surface area contributed by atoms with Crippen LogP contribution in [0.3, 0.4) is 0 Å². The summed E-state index contributed by atoms with van der Waals surface area (Å²) in [5, 5.41) is 10.4. The number of aliphatic hydroxyl groups excluding tert-OH is 1. The summed E-state index contributed by atoms with van der Waals surface area (Å²) in [5.41, 5.74) is 7.44. The Morgan fingerprint density at radius 2 is 2.00 bits per heavy atom. The van der Waals surface area contributed by atoms with E-state index >= 15 is 0 Å². The van der Waals surface area contributed by atoms with Crippen LogP contribution in [0.25, 0.3) is 0 Å². The highest BCUT2D eigenvalue weighted by atomic mass is 16.3. The minimum absolute atomic E-state index is 0.436. The minimum atomic E-state index is -0.436. The first kappa shape index (κ1) is 14.8. The lowest BCUT2D eigenvalue weighted by Gasteiger charge is -2.32. The van der Waals surface area contributed by atoms with Crippen molar-refractivity contribution in [1.29, 1.82) is 0 Å². The van der Waals surface area contributed by atoms with Crippen LogP contribution >= 0.6 is 0 Å². The van der Waals surface area contributed by atoms with Gasteiger partial charge in [0, 0.05) is 24.8 Å². The molecule has 2 saturated heterocycles. The summed E-state index contributed by atoms with van der Waals surface area (Å²) in [7, 11) is 0. The second-order valence-electron chi connectivity index (χ2n) is 6.48. The molecule has 0 amide bonds. The maximum atomic E-state index is 10.4. The van der Waals surface area contributed by atoms with Gasteiger partial charge in [-0.05, 0) is 56.6 Å². The van der Waals surface area contributed by atoms with Crippen molar-refractivity contribution in [2.24, 2.45) is 0 Å². The number of piperidine rings is 1. The van der Waals surface area contributed by atoms with Gasteiger partial charge in [0.1, 0.15) is 0 Å². The molecule has 1 aromatic rings. The highest BCUT2D eigenvalue weighted by Gasteiger charge is 2.29. The van der Waals surface area contributed by atoms with Crippen LogP contribution in [0, 0.1) is 0 Å². The molecule has 116 valence electrons. The normalized spacial score (nSPS) is 26.0. The number of rotatable bonds is 4. The largest absolute Gasteiger partial charge is 0.399 e. The van der Waals surface area contributed by atoms with Crippen molar-refractivity contribution >= 4 is 5.69 Å². The molecular weight excluding hydrogens is 262 g/mol. The maximum Gasteiger partial charge on any atom is 0.0917 e. The number of nitrogens with two attached hydrogens (primary N) is 1. The van der Waals surface area contributed by atoms with E-state index in [0.717, 1.165) is 24.3 Å². The molecule has 2 unspecified atom stereocenters. The molecule has 0 radical (unpaired) electrons. The van der Waals surface area contributed by atoms with E-state index in [-0.39, 0.29) is 0 Å². The van der Waals surface area contributed by atoms with Gasteiger partial charge in [-0.1, -0.05) is 18.6 Å². The summed E-state index contributed by atoms with van der Waals surface area (Å²) in [6, 6.07) is 8.30. The molecule has 21 heavy (non-hydrogen) atoms. The van der Waals surface area contributed by atoms with Gasteiger partial charge in [0.25, 0.3) is 0 Å². The van der Waals surface area contributed by atoms with Gasteiger partial charge in [0.15, 0.2) is 0 Å². The average Bonchev–Trinajstić information content (AvgIpc) is 2.97. The first-order valence-corrected chi connectivity index (χ1v) is 8.22. The Bertz CT molecular complexity index is 459. The van der Waals surface area contributed by atoms with Gasteiger partial charge in [-0.2, -0.15) is 0 Å². The zero-order chi connectivity index (χ0) is 14.7. The van der Waals surface area contributed by atoms with Crippen LogP contribution in [-0.4, -0.2) is 53.7 Å². The Hall–Kier alpha value is -1.10. The Labute approximate surface area is 127 Å². The molecule has 0 saturated carbocycles. The molecule has 2 aliphatic rings. The van der Waals surface area contributed by atoms with Gasteiger partial charge >= 0.3 is 0 Å². The molecule has 4 heteroatoms. The van der Waals surface area contributed by atoms with Crippen molar-refractivity contribution in [3.8, 4) is 0 Å². The predicted octanol–water partition coefficient (Wildman–Crippen LogP) is 1.86. The quantitative estimate of drug-likeness (QED) is 0.831. The third kappa shape index (κ3) is 3.76. The molecule has 2 aliphatic heterocycles. The van der Waals surface area contributed by atoms with E-state index in [2.05, 4.69) is 9.80 Å². The molecule has 0 aliphatic carbocycles. The van der Waals surface area contributed by atoms with Crippen LogP contribution < -0.4 is 5.73 Å². The van der Waals surface area contributed by atoms with Crippen molar-refractivity contribution in [1.82, 2.24) is 9.80 Å². The molecule has 0 spiro atoms. The summed E-state index contributed by atoms with van der Waals surface area (Å²) in [6.07, 6.45) is 4.89. The lowest BCUT2D eigenvalue weighted by molar-refractivity contribution is 0.114. The van der Waals surface area contributed by atoms with E-state index in [0.29, 0.717) is 12.6 Å². The average molecular weight is 289 g/mol. The lowest BCUT2D eigenvalue weighted by atomic mass is 10.1. The Morgan fingerprint density at radius 1 is 1.19 bits per heavy atom. The molecule has 0 aromatic heterocycles. The fourth-order valence-electron chi connectivity index (χ4n) is 3.68. The number of nitrogen functional groups attached to an aromatic ring is 1. The molecule has 3 N–H and O–H groups in total. The van der Waals surface area contributed by atoms with Crippen molar-refractivity contribution < 1.29 is 5.11 Å². The van der Waals surface area contributed by atoms with Gasteiger partial charge < -0.3 is 10.8 Å². The molecule has 1 aromatic carbocycles. The number of anilines is 1. The van der Waals surface area contributed by atoms with Crippen LogP contribution in [0.15, 0.2) is 24.3 Å². The molecule has 3 rings (SSSR count). The number of β-amino-alcohol motifs (C(OH)–C–C–N with tert-alkyl or cyclic N) is 1. The number of likely N-dealkylation sites (tertiary alicyclic amines) is 2. The maximum absolute atomic E-state index is 10.4. The van der Waals surface area contributed by atoms with E-state index in [1.807, 2.05) is 24.3 Å². The molecule has 2 fully saturated rings. The van der Waals surface area contributed by atoms with Crippen molar-refractivity contribution in [3.63, 3.8) is 0 Å². The van der Waals surface area contributed by atoms with Crippen LogP contribution in [0.4, 0.5) is 5.69 Å². The van der Waals surface area contributed by atoms with E-state index in [9.17, 15) is 5.11 Å². The molecule has 0 bridgehead atoms. The summed E-state index contributed by atoms with van der Waals surface area (Å²) < 4.78 is 0. The first-order chi connectivity index (χ1) is 10.2. The third-order valence-electron chi connectivity index (χ3n) is 4.88. The monoisotopic (exact) mass is 289 g/mol. The number of benzene rings is 1. The Morgan fingerprint density at radius 3 is 2.76 bits per heavy atom. The van der Waals surface area contributed by atoms with E-state index in [1.165, 1.54) is 38.8 Å². The highest BCUT2D eigenvalue weighted by molar-refractivity contribution is 5.41. The van der Waals surface area contributed by atoms with E-state index in [1.54, 1.807) is 0 Å². The van der Waals surface area contributed by atoms with Crippen LogP contribution in [0.2, 0.25) is 0 Å². The van der Waals surface area contributed by atoms with Crippen LogP contribution in [0.5, 0.6) is 0 Å². The van der Waals surface area contributed by atoms with Gasteiger partial charge in [0.2, 0.25) is 0 Å². The van der Waals surface area contributed by atoms with Crippen molar-refractivity contribution in [2.75, 3.05) is 38.5 Å². The van der Waals surface area contributed by atoms with E-state index in [4.69, 9.17) is 5.73 Å². The molecule has 2 atom stereocenters. The van der Waals surface area contributed by atoms with Crippen molar-refractivity contribution in [3.05, 3.63) is 29.8 Å². The van der Waals surface area contributed by atoms with Gasteiger partial charge in [-0.3, -0.25) is 9.80 Å². The van der Waals surface area contributed by atoms with Gasteiger partial charge in [-0.25, -0.2) is 0 Å². The summed E-state index contributed by atoms with van der Waals surface area (Å²) >= 11 is 0. The van der Waals surface area contributed by atoms with Crippen LogP contribution in [0.1, 0.15) is 37.4 Å².